The fourth-order valence-electron chi connectivity index (χ4n) is 3.36. The first-order chi connectivity index (χ1) is 12.4. The molecule has 0 amide bonds. The van der Waals surface area contributed by atoms with Crippen LogP contribution >= 0.6 is 0 Å². The van der Waals surface area contributed by atoms with Crippen LogP contribution in [0, 0.1) is 5.92 Å². The van der Waals surface area contributed by atoms with Gasteiger partial charge < -0.3 is 4.74 Å². The predicted molar refractivity (Wildman–Crippen MR) is 95.1 cm³/mol. The van der Waals surface area contributed by atoms with Gasteiger partial charge in [-0.05, 0) is 37.1 Å². The molecule has 3 heterocycles. The summed E-state index contributed by atoms with van der Waals surface area (Å²) in [4.78, 5) is 19.4. The molecule has 1 saturated heterocycles. The Bertz CT molecular complexity index is 826. The standard InChI is InChI=1S/C19H21N5O/c1-2-16(14-25-19-11-20-5-6-23-19)13-24(9-1)12-15-3-4-17-18(10-15)22-8-7-21-17/h3-8,10-11,16H,1-2,9,12-14H2. The van der Waals surface area contributed by atoms with Crippen molar-refractivity contribution in [3.05, 3.63) is 54.7 Å². The smallest absolute Gasteiger partial charge is 0.232 e. The molecule has 3 aromatic rings. The largest absolute Gasteiger partial charge is 0.476 e. The molecular formula is C19H21N5O. The summed E-state index contributed by atoms with van der Waals surface area (Å²) >= 11 is 0. The molecule has 0 radical (unpaired) electrons. The fourth-order valence-corrected chi connectivity index (χ4v) is 3.36. The zero-order valence-corrected chi connectivity index (χ0v) is 14.1. The van der Waals surface area contributed by atoms with E-state index in [1.54, 1.807) is 31.0 Å². The number of benzene rings is 1. The van der Waals surface area contributed by atoms with Crippen LogP contribution in [0.3, 0.4) is 0 Å². The first-order valence-corrected chi connectivity index (χ1v) is 8.67. The first-order valence-electron chi connectivity index (χ1n) is 8.67. The minimum Gasteiger partial charge on any atom is -0.476 e. The van der Waals surface area contributed by atoms with Crippen molar-refractivity contribution in [1.82, 2.24) is 24.8 Å². The van der Waals surface area contributed by atoms with Gasteiger partial charge in [-0.2, -0.15) is 0 Å². The number of likely N-dealkylation sites (tertiary alicyclic amines) is 1. The normalized spacial score (nSPS) is 18.3. The lowest BCUT2D eigenvalue weighted by Gasteiger charge is -2.32. The van der Waals surface area contributed by atoms with Crippen molar-refractivity contribution >= 4 is 11.0 Å². The molecule has 2 aromatic heterocycles. The number of hydrogen-bond acceptors (Lipinski definition) is 6. The van der Waals surface area contributed by atoms with E-state index in [2.05, 4.69) is 43.0 Å². The van der Waals surface area contributed by atoms with Gasteiger partial charge in [-0.25, -0.2) is 4.98 Å². The summed E-state index contributed by atoms with van der Waals surface area (Å²) in [6.07, 6.45) is 10.8. The molecular weight excluding hydrogens is 314 g/mol. The summed E-state index contributed by atoms with van der Waals surface area (Å²) < 4.78 is 5.78. The lowest BCUT2D eigenvalue weighted by Crippen LogP contribution is -2.37. The average molecular weight is 335 g/mol. The van der Waals surface area contributed by atoms with Crippen LogP contribution in [0.2, 0.25) is 0 Å². The maximum atomic E-state index is 5.78. The molecule has 4 rings (SSSR count). The lowest BCUT2D eigenvalue weighted by molar-refractivity contribution is 0.123. The van der Waals surface area contributed by atoms with Crippen molar-refractivity contribution < 1.29 is 4.74 Å². The molecule has 0 spiro atoms. The van der Waals surface area contributed by atoms with Gasteiger partial charge in [-0.1, -0.05) is 6.07 Å². The van der Waals surface area contributed by atoms with Crippen LogP contribution in [0.15, 0.2) is 49.2 Å². The predicted octanol–water partition coefficient (Wildman–Crippen LogP) is 2.71. The molecule has 0 saturated carbocycles. The Labute approximate surface area is 146 Å². The van der Waals surface area contributed by atoms with Crippen LogP contribution in [0.5, 0.6) is 5.88 Å². The van der Waals surface area contributed by atoms with Crippen LogP contribution < -0.4 is 4.74 Å². The van der Waals surface area contributed by atoms with E-state index < -0.39 is 0 Å². The number of fused-ring (bicyclic) bond motifs is 1. The highest BCUT2D eigenvalue weighted by Gasteiger charge is 2.21. The second kappa shape index (κ2) is 7.53. The minimum absolute atomic E-state index is 0.524. The van der Waals surface area contributed by atoms with E-state index in [1.807, 2.05) is 0 Å². The Morgan fingerprint density at radius 2 is 1.92 bits per heavy atom. The minimum atomic E-state index is 0.524. The molecule has 6 heteroatoms. The van der Waals surface area contributed by atoms with Crippen LogP contribution in [0.1, 0.15) is 18.4 Å². The summed E-state index contributed by atoms with van der Waals surface area (Å²) in [5.41, 5.74) is 3.18. The summed E-state index contributed by atoms with van der Waals surface area (Å²) in [6, 6.07) is 6.34. The van der Waals surface area contributed by atoms with E-state index in [1.165, 1.54) is 18.4 Å². The maximum Gasteiger partial charge on any atom is 0.232 e. The molecule has 0 bridgehead atoms. The van der Waals surface area contributed by atoms with Crippen molar-refractivity contribution in [3.8, 4) is 5.88 Å². The topological polar surface area (TPSA) is 64.0 Å². The molecule has 1 fully saturated rings. The van der Waals surface area contributed by atoms with Crippen molar-refractivity contribution in [2.45, 2.75) is 19.4 Å². The monoisotopic (exact) mass is 335 g/mol. The fraction of sp³-hybridized carbons (Fsp3) is 0.368. The Kier molecular flexibility index (Phi) is 4.79. The van der Waals surface area contributed by atoms with Gasteiger partial charge in [0.1, 0.15) is 0 Å². The number of hydrogen-bond donors (Lipinski definition) is 0. The van der Waals surface area contributed by atoms with Crippen LogP contribution in [-0.2, 0) is 6.54 Å². The van der Waals surface area contributed by atoms with E-state index in [4.69, 9.17) is 4.74 Å². The van der Waals surface area contributed by atoms with Gasteiger partial charge in [0.05, 0.1) is 23.8 Å². The summed E-state index contributed by atoms with van der Waals surface area (Å²) in [5, 5.41) is 0. The Morgan fingerprint density at radius 1 is 1.04 bits per heavy atom. The zero-order valence-electron chi connectivity index (χ0n) is 14.1. The third-order valence-corrected chi connectivity index (χ3v) is 4.55. The van der Waals surface area contributed by atoms with E-state index in [0.29, 0.717) is 18.4 Å². The average Bonchev–Trinajstić information content (AvgIpc) is 2.67. The second-order valence-electron chi connectivity index (χ2n) is 6.48. The van der Waals surface area contributed by atoms with Crippen LogP contribution in [0.4, 0.5) is 0 Å². The molecule has 0 N–H and O–H groups in total. The highest BCUT2D eigenvalue weighted by Crippen LogP contribution is 2.20. The molecule has 1 aliphatic heterocycles. The second-order valence-corrected chi connectivity index (χ2v) is 6.48. The van der Waals surface area contributed by atoms with Gasteiger partial charge in [0.15, 0.2) is 0 Å². The Morgan fingerprint density at radius 3 is 2.80 bits per heavy atom. The Balaban J connectivity index is 1.35. The number of aromatic nitrogens is 4. The van der Waals surface area contributed by atoms with Crippen molar-refractivity contribution in [2.75, 3.05) is 19.7 Å². The lowest BCUT2D eigenvalue weighted by atomic mass is 9.98. The quantitative estimate of drug-likeness (QED) is 0.714. The van der Waals surface area contributed by atoms with E-state index in [9.17, 15) is 0 Å². The van der Waals surface area contributed by atoms with Gasteiger partial charge in [0.2, 0.25) is 5.88 Å². The van der Waals surface area contributed by atoms with Gasteiger partial charge >= 0.3 is 0 Å². The summed E-state index contributed by atoms with van der Waals surface area (Å²) in [6.45, 7) is 3.80. The highest BCUT2D eigenvalue weighted by atomic mass is 16.5. The van der Waals surface area contributed by atoms with Gasteiger partial charge in [-0.15, -0.1) is 0 Å². The van der Waals surface area contributed by atoms with Gasteiger partial charge in [-0.3, -0.25) is 19.9 Å². The molecule has 1 aromatic carbocycles. The van der Waals surface area contributed by atoms with E-state index in [-0.39, 0.29) is 0 Å². The number of ether oxygens (including phenoxy) is 1. The Hall–Kier alpha value is -2.60. The maximum absolute atomic E-state index is 5.78. The number of rotatable bonds is 5. The molecule has 1 unspecified atom stereocenters. The molecule has 1 aliphatic rings. The molecule has 1 atom stereocenters. The number of piperidine rings is 1. The van der Waals surface area contributed by atoms with E-state index in [0.717, 1.165) is 30.7 Å². The zero-order chi connectivity index (χ0) is 16.9. The van der Waals surface area contributed by atoms with Crippen molar-refractivity contribution in [3.63, 3.8) is 0 Å². The van der Waals surface area contributed by atoms with E-state index >= 15 is 0 Å². The highest BCUT2D eigenvalue weighted by molar-refractivity contribution is 5.74. The number of nitrogens with zero attached hydrogens (tertiary/aromatic N) is 5. The molecule has 0 aliphatic carbocycles. The van der Waals surface area contributed by atoms with Crippen LogP contribution in [-0.4, -0.2) is 44.5 Å². The van der Waals surface area contributed by atoms with Crippen molar-refractivity contribution in [1.29, 1.82) is 0 Å². The van der Waals surface area contributed by atoms with Crippen LogP contribution in [0.25, 0.3) is 11.0 Å². The third kappa shape index (κ3) is 4.09. The summed E-state index contributed by atoms with van der Waals surface area (Å²) in [5.74, 6) is 1.13. The van der Waals surface area contributed by atoms with Crippen molar-refractivity contribution in [2.24, 2.45) is 5.92 Å². The molecule has 25 heavy (non-hydrogen) atoms. The SMILES string of the molecule is c1cnc(OCC2CCCN(Cc3ccc4nccnc4c3)C2)cn1. The molecule has 6 nitrogen and oxygen atoms in total. The first kappa shape index (κ1) is 15.9. The summed E-state index contributed by atoms with van der Waals surface area (Å²) in [7, 11) is 0. The van der Waals surface area contributed by atoms with Gasteiger partial charge in [0.25, 0.3) is 0 Å². The van der Waals surface area contributed by atoms with Gasteiger partial charge in [0, 0.05) is 43.8 Å². The third-order valence-electron chi connectivity index (χ3n) is 4.55. The molecule has 128 valence electrons.